The van der Waals surface area contributed by atoms with Crippen molar-refractivity contribution in [3.63, 3.8) is 0 Å². The SMILES string of the molecule is CCCNC(=O)c1cn(CC)c2ccc(C(F)(F)F)cc2c1=O. The molecule has 4 nitrogen and oxygen atoms in total. The van der Waals surface area contributed by atoms with Crippen LogP contribution in [0.25, 0.3) is 10.9 Å². The fraction of sp³-hybridized carbons (Fsp3) is 0.375. The first-order valence-corrected chi connectivity index (χ1v) is 7.32. The minimum atomic E-state index is -4.54. The number of hydrogen-bond acceptors (Lipinski definition) is 2. The number of carbonyl (C=O) groups is 1. The van der Waals surface area contributed by atoms with Gasteiger partial charge in [-0.25, -0.2) is 0 Å². The lowest BCUT2D eigenvalue weighted by molar-refractivity contribution is -0.137. The van der Waals surface area contributed by atoms with Crippen molar-refractivity contribution in [1.29, 1.82) is 0 Å². The van der Waals surface area contributed by atoms with Crippen molar-refractivity contribution in [3.8, 4) is 0 Å². The second-order valence-electron chi connectivity index (χ2n) is 5.14. The smallest absolute Gasteiger partial charge is 0.352 e. The minimum Gasteiger partial charge on any atom is -0.352 e. The van der Waals surface area contributed by atoms with Crippen LogP contribution in [0.4, 0.5) is 13.2 Å². The molecular weight excluding hydrogens is 309 g/mol. The molecule has 1 aromatic heterocycles. The normalized spacial score (nSPS) is 11.7. The Kier molecular flexibility index (Phi) is 4.77. The number of alkyl halides is 3. The first kappa shape index (κ1) is 17.1. The predicted octanol–water partition coefficient (Wildman–Crippen LogP) is 3.18. The van der Waals surface area contributed by atoms with E-state index in [4.69, 9.17) is 0 Å². The fourth-order valence-corrected chi connectivity index (χ4v) is 2.33. The number of nitrogens with one attached hydrogen (secondary N) is 1. The lowest BCUT2D eigenvalue weighted by Crippen LogP contribution is -2.30. The van der Waals surface area contributed by atoms with Gasteiger partial charge in [0.1, 0.15) is 5.56 Å². The molecule has 1 aromatic carbocycles. The molecule has 0 aliphatic heterocycles. The number of benzene rings is 1. The largest absolute Gasteiger partial charge is 0.416 e. The molecule has 0 atom stereocenters. The molecule has 0 aliphatic carbocycles. The number of aromatic nitrogens is 1. The van der Waals surface area contributed by atoms with Crippen LogP contribution in [0.5, 0.6) is 0 Å². The highest BCUT2D eigenvalue weighted by molar-refractivity contribution is 5.97. The number of rotatable bonds is 4. The van der Waals surface area contributed by atoms with Crippen molar-refractivity contribution in [1.82, 2.24) is 9.88 Å². The Labute approximate surface area is 130 Å². The van der Waals surface area contributed by atoms with Crippen molar-refractivity contribution in [2.24, 2.45) is 0 Å². The van der Waals surface area contributed by atoms with Gasteiger partial charge in [0, 0.05) is 24.7 Å². The van der Waals surface area contributed by atoms with Crippen LogP contribution in [-0.2, 0) is 12.7 Å². The second-order valence-corrected chi connectivity index (χ2v) is 5.14. The summed E-state index contributed by atoms with van der Waals surface area (Å²) in [4.78, 5) is 24.5. The van der Waals surface area contributed by atoms with Crippen molar-refractivity contribution in [2.45, 2.75) is 33.0 Å². The van der Waals surface area contributed by atoms with Gasteiger partial charge in [-0.1, -0.05) is 6.92 Å². The van der Waals surface area contributed by atoms with E-state index in [1.807, 2.05) is 6.92 Å². The number of aryl methyl sites for hydroxylation is 1. The molecule has 0 unspecified atom stereocenters. The maximum atomic E-state index is 12.9. The van der Waals surface area contributed by atoms with Crippen LogP contribution in [0.1, 0.15) is 36.2 Å². The van der Waals surface area contributed by atoms with Crippen LogP contribution in [-0.4, -0.2) is 17.0 Å². The van der Waals surface area contributed by atoms with Gasteiger partial charge < -0.3 is 9.88 Å². The molecule has 2 rings (SSSR count). The van der Waals surface area contributed by atoms with E-state index in [0.29, 0.717) is 25.0 Å². The summed E-state index contributed by atoms with van der Waals surface area (Å²) in [6.07, 6.45) is -2.46. The Hall–Kier alpha value is -2.31. The van der Waals surface area contributed by atoms with E-state index >= 15 is 0 Å². The Balaban J connectivity index is 2.69. The molecule has 0 bridgehead atoms. The van der Waals surface area contributed by atoms with Crippen molar-refractivity contribution in [2.75, 3.05) is 6.54 Å². The van der Waals surface area contributed by atoms with Crippen molar-refractivity contribution < 1.29 is 18.0 Å². The van der Waals surface area contributed by atoms with Crippen LogP contribution < -0.4 is 10.7 Å². The zero-order chi connectivity index (χ0) is 17.2. The third-order valence-electron chi connectivity index (χ3n) is 3.53. The number of nitrogens with zero attached hydrogens (tertiary/aromatic N) is 1. The van der Waals surface area contributed by atoms with E-state index in [0.717, 1.165) is 12.1 Å². The van der Waals surface area contributed by atoms with Crippen LogP contribution >= 0.6 is 0 Å². The van der Waals surface area contributed by atoms with Crippen molar-refractivity contribution >= 4 is 16.8 Å². The topological polar surface area (TPSA) is 51.1 Å². The standard InChI is InChI=1S/C16H17F3N2O2/c1-3-7-20-15(23)12-9-21(4-2)13-6-5-10(16(17,18)19)8-11(13)14(12)22/h5-6,8-9H,3-4,7H2,1-2H3,(H,20,23). The van der Waals surface area contributed by atoms with Gasteiger partial charge in [0.2, 0.25) is 5.43 Å². The quantitative estimate of drug-likeness (QED) is 0.938. The van der Waals surface area contributed by atoms with Gasteiger partial charge in [-0.05, 0) is 31.5 Å². The van der Waals surface area contributed by atoms with E-state index in [-0.39, 0.29) is 10.9 Å². The third kappa shape index (κ3) is 3.38. The molecule has 2 aromatic rings. The maximum Gasteiger partial charge on any atom is 0.416 e. The zero-order valence-corrected chi connectivity index (χ0v) is 12.8. The number of pyridine rings is 1. The molecule has 1 heterocycles. The van der Waals surface area contributed by atoms with Crippen molar-refractivity contribution in [3.05, 3.63) is 45.7 Å². The minimum absolute atomic E-state index is 0.106. The fourth-order valence-electron chi connectivity index (χ4n) is 2.33. The molecule has 23 heavy (non-hydrogen) atoms. The molecule has 7 heteroatoms. The first-order chi connectivity index (χ1) is 10.8. The molecule has 124 valence electrons. The molecule has 0 spiro atoms. The van der Waals surface area contributed by atoms with Crippen LogP contribution in [0, 0.1) is 0 Å². The summed E-state index contributed by atoms with van der Waals surface area (Å²) in [5.74, 6) is -0.571. The Morgan fingerprint density at radius 1 is 1.26 bits per heavy atom. The van der Waals surface area contributed by atoms with Gasteiger partial charge in [-0.2, -0.15) is 13.2 Å². The lowest BCUT2D eigenvalue weighted by atomic mass is 10.1. The molecule has 0 aliphatic rings. The highest BCUT2D eigenvalue weighted by Gasteiger charge is 2.31. The molecule has 0 saturated heterocycles. The zero-order valence-electron chi connectivity index (χ0n) is 12.8. The van der Waals surface area contributed by atoms with Gasteiger partial charge in [0.15, 0.2) is 0 Å². The number of halogens is 3. The summed E-state index contributed by atoms with van der Waals surface area (Å²) in [5, 5.41) is 2.47. The summed E-state index contributed by atoms with van der Waals surface area (Å²) in [6, 6.07) is 3.00. The summed E-state index contributed by atoms with van der Waals surface area (Å²) < 4.78 is 40.2. The highest BCUT2D eigenvalue weighted by Crippen LogP contribution is 2.30. The Morgan fingerprint density at radius 2 is 1.96 bits per heavy atom. The van der Waals surface area contributed by atoms with Gasteiger partial charge in [-0.3, -0.25) is 9.59 Å². The maximum absolute atomic E-state index is 12.9. The van der Waals surface area contributed by atoms with Crippen LogP contribution in [0.2, 0.25) is 0 Å². The lowest BCUT2D eigenvalue weighted by Gasteiger charge is -2.13. The predicted molar refractivity (Wildman–Crippen MR) is 81.5 cm³/mol. The summed E-state index contributed by atoms with van der Waals surface area (Å²) in [7, 11) is 0. The summed E-state index contributed by atoms with van der Waals surface area (Å²) in [6.45, 7) is 4.47. The molecule has 0 saturated carbocycles. The van der Waals surface area contributed by atoms with Crippen LogP contribution in [0.15, 0.2) is 29.2 Å². The highest BCUT2D eigenvalue weighted by atomic mass is 19.4. The van der Waals surface area contributed by atoms with E-state index < -0.39 is 23.1 Å². The molecule has 1 N–H and O–H groups in total. The summed E-state index contributed by atoms with van der Waals surface area (Å²) >= 11 is 0. The molecule has 0 radical (unpaired) electrons. The average molecular weight is 326 g/mol. The van der Waals surface area contributed by atoms with E-state index in [9.17, 15) is 22.8 Å². The molecule has 0 fully saturated rings. The van der Waals surface area contributed by atoms with E-state index in [1.165, 1.54) is 12.3 Å². The summed E-state index contributed by atoms with van der Waals surface area (Å²) in [5.41, 5.74) is -1.37. The van der Waals surface area contributed by atoms with Crippen LogP contribution in [0.3, 0.4) is 0 Å². The van der Waals surface area contributed by atoms with Gasteiger partial charge >= 0.3 is 6.18 Å². The van der Waals surface area contributed by atoms with E-state index in [1.54, 1.807) is 11.5 Å². The Bertz CT molecular complexity index is 794. The van der Waals surface area contributed by atoms with Gasteiger partial charge in [0.25, 0.3) is 5.91 Å². The number of carbonyl (C=O) groups excluding carboxylic acids is 1. The number of hydrogen-bond donors (Lipinski definition) is 1. The number of fused-ring (bicyclic) bond motifs is 1. The molecular formula is C16H17F3N2O2. The second kappa shape index (κ2) is 6.44. The number of amides is 1. The molecule has 1 amide bonds. The van der Waals surface area contributed by atoms with E-state index in [2.05, 4.69) is 5.32 Å². The first-order valence-electron chi connectivity index (χ1n) is 7.32. The monoisotopic (exact) mass is 326 g/mol. The van der Waals surface area contributed by atoms with Gasteiger partial charge in [-0.15, -0.1) is 0 Å². The average Bonchev–Trinajstić information content (AvgIpc) is 2.52. The van der Waals surface area contributed by atoms with Gasteiger partial charge in [0.05, 0.1) is 11.1 Å². The third-order valence-corrected chi connectivity index (χ3v) is 3.53. The Morgan fingerprint density at radius 3 is 2.52 bits per heavy atom.